The molecule has 1 aliphatic heterocycles. The van der Waals surface area contributed by atoms with Crippen molar-refractivity contribution in [1.82, 2.24) is 29.4 Å². The lowest BCUT2D eigenvalue weighted by atomic mass is 10.0. The lowest BCUT2D eigenvalue weighted by molar-refractivity contribution is -0.106. The van der Waals surface area contributed by atoms with E-state index < -0.39 is 11.9 Å². The van der Waals surface area contributed by atoms with Gasteiger partial charge in [0.25, 0.3) is 0 Å². The van der Waals surface area contributed by atoms with Crippen molar-refractivity contribution in [2.45, 2.75) is 58.4 Å². The Bertz CT molecular complexity index is 1820. The Morgan fingerprint density at radius 2 is 1.73 bits per heavy atom. The van der Waals surface area contributed by atoms with Gasteiger partial charge >= 0.3 is 5.76 Å². The summed E-state index contributed by atoms with van der Waals surface area (Å²) < 4.78 is 52.4. The minimum atomic E-state index is -2.63. The Kier molecular flexibility index (Phi) is 13.1. The predicted molar refractivity (Wildman–Crippen MR) is 191 cm³/mol. The standard InChI is InChI=1S/C31H33F3N8OS.C2H4O.C2H6/c1-18(19-4-7-22(32)8-5-19)43-26-14-20(6-9-25(26)39-44-31(33)34)28-27-29(41(3)38-28)24(16-36-30(27)35)21-15-37-42(17-21)23-10-12-40(2)13-11-23;1-2-3;1-2/h4-9,14-18,23,31,39H,10-13H2,1-3H3,(H2,35,36);2H,1H3;1-2H3. The molecule has 2 aromatic carbocycles. The molecule has 1 saturated heterocycles. The van der Waals surface area contributed by atoms with Gasteiger partial charge in [0.05, 0.1) is 28.8 Å². The van der Waals surface area contributed by atoms with Crippen LogP contribution < -0.4 is 15.2 Å². The number of ether oxygens (including phenoxy) is 1. The normalized spacial score (nSPS) is 14.1. The SMILES string of the molecule is CC.CC(Oc1cc(-c2nn(C)c3c(-c4cnn(C5CCN(C)CC5)c4)cnc(N)c23)ccc1NSC(F)F)c1ccc(F)cc1.CC=O. The van der Waals surface area contributed by atoms with Gasteiger partial charge in [0, 0.05) is 48.1 Å². The highest BCUT2D eigenvalue weighted by atomic mass is 32.2. The van der Waals surface area contributed by atoms with Crippen LogP contribution >= 0.6 is 11.9 Å². The number of hydrogen-bond donors (Lipinski definition) is 2. The summed E-state index contributed by atoms with van der Waals surface area (Å²) in [5.74, 6) is -2.36. The average Bonchev–Trinajstić information content (AvgIpc) is 3.72. The summed E-state index contributed by atoms with van der Waals surface area (Å²) >= 11 is 0.273. The zero-order chi connectivity index (χ0) is 35.7. The largest absolute Gasteiger partial charge is 0.484 e. The second-order valence-corrected chi connectivity index (χ2v) is 12.0. The van der Waals surface area contributed by atoms with E-state index in [1.165, 1.54) is 19.1 Å². The van der Waals surface area contributed by atoms with Crippen LogP contribution in [0.5, 0.6) is 5.75 Å². The van der Waals surface area contributed by atoms with E-state index >= 15 is 0 Å². The van der Waals surface area contributed by atoms with E-state index in [0.717, 1.165) is 54.4 Å². The molecule has 0 aliphatic carbocycles. The molecule has 0 saturated carbocycles. The van der Waals surface area contributed by atoms with Gasteiger partial charge in [-0.3, -0.25) is 9.36 Å². The van der Waals surface area contributed by atoms with Crippen LogP contribution in [0.3, 0.4) is 0 Å². The number of pyridine rings is 1. The number of aromatic nitrogens is 5. The summed E-state index contributed by atoms with van der Waals surface area (Å²) in [6, 6.07) is 11.5. The Labute approximate surface area is 289 Å². The van der Waals surface area contributed by atoms with Crippen molar-refractivity contribution in [3.63, 3.8) is 0 Å². The van der Waals surface area contributed by atoms with Crippen molar-refractivity contribution in [3.8, 4) is 28.1 Å². The fourth-order valence-electron chi connectivity index (χ4n) is 5.64. The van der Waals surface area contributed by atoms with Crippen molar-refractivity contribution < 1.29 is 22.7 Å². The number of nitrogens with one attached hydrogen (secondary N) is 1. The topological polar surface area (TPSA) is 116 Å². The molecule has 1 unspecified atom stereocenters. The van der Waals surface area contributed by atoms with Crippen molar-refractivity contribution in [2.24, 2.45) is 7.05 Å². The maximum atomic E-state index is 13.5. The van der Waals surface area contributed by atoms with E-state index in [1.54, 1.807) is 48.1 Å². The van der Waals surface area contributed by atoms with Gasteiger partial charge in [-0.25, -0.2) is 9.37 Å². The smallest absolute Gasteiger partial charge is 0.302 e. The number of nitrogens with two attached hydrogens (primary N) is 1. The van der Waals surface area contributed by atoms with E-state index in [1.807, 2.05) is 31.8 Å². The minimum absolute atomic E-state index is 0.273. The summed E-state index contributed by atoms with van der Waals surface area (Å²) in [7, 11) is 3.98. The molecule has 262 valence electrons. The molecule has 1 fully saturated rings. The van der Waals surface area contributed by atoms with Crippen molar-refractivity contribution in [3.05, 3.63) is 72.4 Å². The first-order valence-corrected chi connectivity index (χ1v) is 17.0. The van der Waals surface area contributed by atoms with Crippen LogP contribution in [-0.4, -0.2) is 61.6 Å². The molecule has 1 aliphatic rings. The number of carbonyl (C=O) groups excluding carboxylic acids is 1. The van der Waals surface area contributed by atoms with Gasteiger partial charge < -0.3 is 24.9 Å². The zero-order valence-corrected chi connectivity index (χ0v) is 29.3. The predicted octanol–water partition coefficient (Wildman–Crippen LogP) is 8.14. The molecule has 3 N–H and O–H groups in total. The van der Waals surface area contributed by atoms with Crippen LogP contribution in [0, 0.1) is 5.82 Å². The molecule has 4 heterocycles. The van der Waals surface area contributed by atoms with Gasteiger partial charge in [-0.2, -0.15) is 19.0 Å². The Morgan fingerprint density at radius 3 is 2.39 bits per heavy atom. The Hall–Kier alpha value is -4.56. The maximum absolute atomic E-state index is 13.5. The fourth-order valence-corrected chi connectivity index (χ4v) is 6.02. The van der Waals surface area contributed by atoms with Crippen LogP contribution in [0.25, 0.3) is 33.3 Å². The molecule has 5 aromatic rings. The number of carbonyl (C=O) groups is 1. The van der Waals surface area contributed by atoms with Crippen LogP contribution in [0.4, 0.5) is 24.7 Å². The second-order valence-electron chi connectivity index (χ2n) is 11.2. The van der Waals surface area contributed by atoms with Crippen LogP contribution in [0.1, 0.15) is 58.2 Å². The molecular weight excluding hydrogens is 654 g/mol. The van der Waals surface area contributed by atoms with E-state index in [2.05, 4.69) is 32.9 Å². The zero-order valence-electron chi connectivity index (χ0n) is 28.5. The third-order valence-corrected chi connectivity index (χ3v) is 8.54. The lowest BCUT2D eigenvalue weighted by Gasteiger charge is -2.28. The van der Waals surface area contributed by atoms with Gasteiger partial charge in [-0.15, -0.1) is 0 Å². The molecule has 49 heavy (non-hydrogen) atoms. The molecule has 0 amide bonds. The molecule has 0 radical (unpaired) electrons. The molecule has 14 heteroatoms. The number of nitrogen functional groups attached to an aromatic ring is 1. The third kappa shape index (κ3) is 8.92. The van der Waals surface area contributed by atoms with E-state index in [4.69, 9.17) is 20.4 Å². The monoisotopic (exact) mass is 696 g/mol. The third-order valence-electron chi connectivity index (χ3n) is 8.02. The number of anilines is 2. The van der Waals surface area contributed by atoms with Crippen molar-refractivity contribution in [1.29, 1.82) is 0 Å². The Morgan fingerprint density at radius 1 is 1.06 bits per heavy atom. The highest BCUT2D eigenvalue weighted by Crippen LogP contribution is 2.41. The minimum Gasteiger partial charge on any atom is -0.484 e. The van der Waals surface area contributed by atoms with Gasteiger partial charge in [0.15, 0.2) is 0 Å². The molecular formula is C35H43F3N8O2S. The molecule has 0 bridgehead atoms. The van der Waals surface area contributed by atoms with Crippen LogP contribution in [-0.2, 0) is 11.8 Å². The van der Waals surface area contributed by atoms with Crippen LogP contribution in [0.2, 0.25) is 0 Å². The number of rotatable bonds is 9. The number of fused-ring (bicyclic) bond motifs is 1. The molecule has 10 nitrogen and oxygen atoms in total. The highest BCUT2D eigenvalue weighted by molar-refractivity contribution is 8.00. The number of nitrogens with zero attached hydrogens (tertiary/aromatic N) is 6. The fraction of sp³-hybridized carbons (Fsp3) is 0.371. The lowest BCUT2D eigenvalue weighted by Crippen LogP contribution is -2.31. The van der Waals surface area contributed by atoms with Crippen molar-refractivity contribution in [2.75, 3.05) is 30.6 Å². The molecule has 1 atom stereocenters. The van der Waals surface area contributed by atoms with Crippen LogP contribution in [0.15, 0.2) is 61.1 Å². The first-order chi connectivity index (χ1) is 23.6. The number of aldehydes is 1. The van der Waals surface area contributed by atoms with E-state index in [9.17, 15) is 13.2 Å². The first-order valence-electron chi connectivity index (χ1n) is 16.1. The molecule has 0 spiro atoms. The summed E-state index contributed by atoms with van der Waals surface area (Å²) in [6.45, 7) is 9.31. The number of likely N-dealkylation sites (tertiary alicyclic amines) is 1. The number of halogens is 3. The summed E-state index contributed by atoms with van der Waals surface area (Å²) in [4.78, 5) is 15.6. The number of alkyl halides is 2. The summed E-state index contributed by atoms with van der Waals surface area (Å²) in [6.07, 6.45) is 7.97. The average molecular weight is 697 g/mol. The Balaban J connectivity index is 0.00000103. The number of piperidine rings is 1. The molecule has 6 rings (SSSR count). The van der Waals surface area contributed by atoms with Gasteiger partial charge in [0.1, 0.15) is 35.5 Å². The van der Waals surface area contributed by atoms with E-state index in [0.29, 0.717) is 39.9 Å². The quantitative estimate of drug-likeness (QED) is 0.116. The number of hydrogen-bond acceptors (Lipinski definition) is 9. The van der Waals surface area contributed by atoms with Crippen molar-refractivity contribution >= 4 is 40.6 Å². The maximum Gasteiger partial charge on any atom is 0.302 e. The number of benzene rings is 2. The first kappa shape index (κ1) is 37.3. The van der Waals surface area contributed by atoms with Gasteiger partial charge in [-0.05, 0) is 76.7 Å². The second kappa shape index (κ2) is 17.2. The molecule has 3 aromatic heterocycles. The summed E-state index contributed by atoms with van der Waals surface area (Å²) in [5, 5.41) is 10.2. The van der Waals surface area contributed by atoms with Gasteiger partial charge in [-0.1, -0.05) is 32.0 Å². The van der Waals surface area contributed by atoms with E-state index in [-0.39, 0.29) is 17.8 Å². The number of aryl methyl sites for hydroxylation is 1. The van der Waals surface area contributed by atoms with Gasteiger partial charge in [0.2, 0.25) is 0 Å². The summed E-state index contributed by atoms with van der Waals surface area (Å²) in [5.41, 5.74) is 11.3. The highest BCUT2D eigenvalue weighted by Gasteiger charge is 2.23.